The van der Waals surface area contributed by atoms with Gasteiger partial charge in [0.25, 0.3) is 0 Å². The summed E-state index contributed by atoms with van der Waals surface area (Å²) in [6.07, 6.45) is 10.3. The van der Waals surface area contributed by atoms with Crippen molar-refractivity contribution in [2.24, 2.45) is 0 Å². The van der Waals surface area contributed by atoms with E-state index in [9.17, 15) is 13.6 Å². The number of carbonyl (C=O) groups is 1. The van der Waals surface area contributed by atoms with Gasteiger partial charge in [-0.05, 0) is 55.0 Å². The number of carbonyl (C=O) groups excluding carboxylic acids is 1. The molecule has 0 atom stereocenters. The quantitative estimate of drug-likeness (QED) is 0.210. The standard InChI is InChI=1S/C25H32F2O2/c1-3-5-7-8-10-11-19-13-15-21(16-14-19)25(28)29-22-18-17-20(12-9-6-4-2)23(26)24(22)27/h13-18H,3-12H2,1-2H3. The number of aryl methyl sites for hydroxylation is 2. The summed E-state index contributed by atoms with van der Waals surface area (Å²) in [7, 11) is 0. The number of ether oxygens (including phenoxy) is 1. The molecule has 0 spiro atoms. The zero-order valence-electron chi connectivity index (χ0n) is 17.6. The van der Waals surface area contributed by atoms with E-state index in [1.807, 2.05) is 12.1 Å². The topological polar surface area (TPSA) is 26.3 Å². The van der Waals surface area contributed by atoms with Gasteiger partial charge in [0.2, 0.25) is 5.82 Å². The molecule has 0 saturated carbocycles. The Morgan fingerprint density at radius 1 is 0.759 bits per heavy atom. The summed E-state index contributed by atoms with van der Waals surface area (Å²) in [5.41, 5.74) is 1.80. The van der Waals surface area contributed by atoms with E-state index in [0.717, 1.165) is 37.7 Å². The van der Waals surface area contributed by atoms with Gasteiger partial charge in [0.05, 0.1) is 5.56 Å². The molecule has 29 heavy (non-hydrogen) atoms. The molecule has 0 radical (unpaired) electrons. The van der Waals surface area contributed by atoms with Crippen LogP contribution in [0.5, 0.6) is 5.75 Å². The molecule has 0 heterocycles. The first kappa shape index (κ1) is 23.1. The van der Waals surface area contributed by atoms with E-state index < -0.39 is 17.6 Å². The largest absolute Gasteiger partial charge is 0.420 e. The average Bonchev–Trinajstić information content (AvgIpc) is 2.73. The first-order valence-corrected chi connectivity index (χ1v) is 10.8. The fourth-order valence-electron chi connectivity index (χ4n) is 3.31. The Morgan fingerprint density at radius 2 is 1.38 bits per heavy atom. The molecule has 2 rings (SSSR count). The van der Waals surface area contributed by atoms with Crippen LogP contribution < -0.4 is 4.74 Å². The maximum atomic E-state index is 14.3. The molecule has 0 N–H and O–H groups in total. The lowest BCUT2D eigenvalue weighted by Gasteiger charge is -2.09. The van der Waals surface area contributed by atoms with Crippen LogP contribution >= 0.6 is 0 Å². The predicted octanol–water partition coefficient (Wildman–Crippen LogP) is 7.43. The molecule has 0 saturated heterocycles. The van der Waals surface area contributed by atoms with Crippen molar-refractivity contribution in [1.82, 2.24) is 0 Å². The first-order valence-electron chi connectivity index (χ1n) is 10.8. The number of esters is 1. The lowest BCUT2D eigenvalue weighted by Crippen LogP contribution is -2.10. The number of benzene rings is 2. The Morgan fingerprint density at radius 3 is 2.07 bits per heavy atom. The summed E-state index contributed by atoms with van der Waals surface area (Å²) in [6, 6.07) is 9.98. The highest BCUT2D eigenvalue weighted by Gasteiger charge is 2.17. The van der Waals surface area contributed by atoms with Gasteiger partial charge in [-0.15, -0.1) is 0 Å². The van der Waals surface area contributed by atoms with Gasteiger partial charge >= 0.3 is 5.97 Å². The van der Waals surface area contributed by atoms with Crippen LogP contribution in [0.25, 0.3) is 0 Å². The van der Waals surface area contributed by atoms with Crippen LogP contribution in [0.3, 0.4) is 0 Å². The van der Waals surface area contributed by atoms with Gasteiger partial charge in [0.15, 0.2) is 11.6 Å². The predicted molar refractivity (Wildman–Crippen MR) is 113 cm³/mol. The number of unbranched alkanes of at least 4 members (excludes halogenated alkanes) is 6. The van der Waals surface area contributed by atoms with Gasteiger partial charge in [-0.25, -0.2) is 9.18 Å². The molecule has 2 aromatic carbocycles. The third-order valence-corrected chi connectivity index (χ3v) is 5.14. The highest BCUT2D eigenvalue weighted by molar-refractivity contribution is 5.91. The van der Waals surface area contributed by atoms with E-state index in [1.54, 1.807) is 12.1 Å². The molecule has 0 aromatic heterocycles. The molecule has 158 valence electrons. The van der Waals surface area contributed by atoms with Crippen LogP contribution in [0, 0.1) is 11.6 Å². The van der Waals surface area contributed by atoms with Gasteiger partial charge < -0.3 is 4.74 Å². The van der Waals surface area contributed by atoms with Crippen molar-refractivity contribution in [2.45, 2.75) is 78.1 Å². The molecule has 0 unspecified atom stereocenters. The minimum absolute atomic E-state index is 0.319. The van der Waals surface area contributed by atoms with Gasteiger partial charge in [-0.2, -0.15) is 4.39 Å². The molecule has 0 aliphatic carbocycles. The Balaban J connectivity index is 1.93. The third-order valence-electron chi connectivity index (χ3n) is 5.14. The monoisotopic (exact) mass is 402 g/mol. The lowest BCUT2D eigenvalue weighted by molar-refractivity contribution is 0.0726. The average molecular weight is 403 g/mol. The second-order valence-corrected chi connectivity index (χ2v) is 7.56. The van der Waals surface area contributed by atoms with E-state index in [4.69, 9.17) is 4.74 Å². The molecule has 0 fully saturated rings. The van der Waals surface area contributed by atoms with Gasteiger partial charge in [0, 0.05) is 0 Å². The summed E-state index contributed by atoms with van der Waals surface area (Å²) in [5.74, 6) is -3.08. The normalized spacial score (nSPS) is 10.9. The summed E-state index contributed by atoms with van der Waals surface area (Å²) >= 11 is 0. The van der Waals surface area contributed by atoms with Crippen molar-refractivity contribution in [3.8, 4) is 5.75 Å². The second-order valence-electron chi connectivity index (χ2n) is 7.56. The van der Waals surface area contributed by atoms with Gasteiger partial charge in [-0.1, -0.05) is 70.6 Å². The van der Waals surface area contributed by atoms with E-state index in [-0.39, 0.29) is 5.75 Å². The maximum Gasteiger partial charge on any atom is 0.343 e. The molecule has 2 nitrogen and oxygen atoms in total. The van der Waals surface area contributed by atoms with E-state index >= 15 is 0 Å². The summed E-state index contributed by atoms with van der Waals surface area (Å²) in [4.78, 5) is 12.3. The zero-order chi connectivity index (χ0) is 21.1. The molecule has 0 bridgehead atoms. The van der Waals surface area contributed by atoms with Crippen molar-refractivity contribution in [1.29, 1.82) is 0 Å². The van der Waals surface area contributed by atoms with Crippen LogP contribution in [-0.2, 0) is 12.8 Å². The van der Waals surface area contributed by atoms with Crippen molar-refractivity contribution in [3.63, 3.8) is 0 Å². The van der Waals surface area contributed by atoms with Crippen LogP contribution in [0.1, 0.15) is 86.7 Å². The molecule has 4 heteroatoms. The van der Waals surface area contributed by atoms with E-state index in [1.165, 1.54) is 37.8 Å². The van der Waals surface area contributed by atoms with Crippen molar-refractivity contribution >= 4 is 5.97 Å². The number of rotatable bonds is 12. The fourth-order valence-corrected chi connectivity index (χ4v) is 3.31. The summed E-state index contributed by atoms with van der Waals surface area (Å²) in [6.45, 7) is 4.25. The minimum Gasteiger partial charge on any atom is -0.420 e. The van der Waals surface area contributed by atoms with Crippen LogP contribution in [0.15, 0.2) is 36.4 Å². The highest BCUT2D eigenvalue weighted by atomic mass is 19.2. The van der Waals surface area contributed by atoms with E-state index in [2.05, 4.69) is 13.8 Å². The van der Waals surface area contributed by atoms with Crippen LogP contribution in [0.2, 0.25) is 0 Å². The Bertz CT molecular complexity index is 769. The number of hydrogen-bond donors (Lipinski definition) is 0. The molecular weight excluding hydrogens is 370 g/mol. The van der Waals surface area contributed by atoms with Crippen molar-refractivity contribution in [2.75, 3.05) is 0 Å². The molecule has 0 amide bonds. The highest BCUT2D eigenvalue weighted by Crippen LogP contribution is 2.25. The SMILES string of the molecule is CCCCCCCc1ccc(C(=O)Oc2ccc(CCCCC)c(F)c2F)cc1. The van der Waals surface area contributed by atoms with Crippen LogP contribution in [0.4, 0.5) is 8.78 Å². The molecule has 0 aliphatic rings. The van der Waals surface area contributed by atoms with Gasteiger partial charge in [-0.3, -0.25) is 0 Å². The van der Waals surface area contributed by atoms with Crippen molar-refractivity contribution < 1.29 is 18.3 Å². The fraction of sp³-hybridized carbons (Fsp3) is 0.480. The number of hydrogen-bond acceptors (Lipinski definition) is 2. The molecular formula is C25H32F2O2. The second kappa shape index (κ2) is 12.4. The minimum atomic E-state index is -1.10. The summed E-state index contributed by atoms with van der Waals surface area (Å²) in [5, 5.41) is 0. The lowest BCUT2D eigenvalue weighted by atomic mass is 10.0. The third kappa shape index (κ3) is 7.26. The van der Waals surface area contributed by atoms with Crippen LogP contribution in [-0.4, -0.2) is 5.97 Å². The number of halogens is 2. The molecule has 2 aromatic rings. The van der Waals surface area contributed by atoms with Gasteiger partial charge in [0.1, 0.15) is 0 Å². The van der Waals surface area contributed by atoms with Crippen molar-refractivity contribution in [3.05, 3.63) is 64.7 Å². The maximum absolute atomic E-state index is 14.3. The summed E-state index contributed by atoms with van der Waals surface area (Å²) < 4.78 is 33.6. The smallest absolute Gasteiger partial charge is 0.343 e. The Hall–Kier alpha value is -2.23. The first-order chi connectivity index (χ1) is 14.1. The Labute approximate surface area is 173 Å². The molecule has 0 aliphatic heterocycles. The Kier molecular flexibility index (Phi) is 9.82. The zero-order valence-corrected chi connectivity index (χ0v) is 17.6. The van der Waals surface area contributed by atoms with E-state index in [0.29, 0.717) is 17.5 Å².